The summed E-state index contributed by atoms with van der Waals surface area (Å²) in [6.07, 6.45) is 0. The molecule has 0 bridgehead atoms. The zero-order valence-corrected chi connectivity index (χ0v) is 13.9. The number of ether oxygens (including phenoxy) is 3. The molecule has 0 atom stereocenters. The minimum absolute atomic E-state index is 0.162. The zero-order chi connectivity index (χ0) is 18.2. The molecule has 6 nitrogen and oxygen atoms in total. The number of amides is 1. The maximum atomic E-state index is 13.3. The second kappa shape index (κ2) is 8.68. The van der Waals surface area contributed by atoms with Crippen molar-refractivity contribution in [3.8, 4) is 11.5 Å². The van der Waals surface area contributed by atoms with Gasteiger partial charge in [-0.05, 0) is 30.3 Å². The van der Waals surface area contributed by atoms with Crippen molar-refractivity contribution < 1.29 is 28.2 Å². The SMILES string of the molecule is COc1ccc(F)cc1COC(=O)CNC(=O)c1ccccc1OC. The van der Waals surface area contributed by atoms with E-state index >= 15 is 0 Å². The van der Waals surface area contributed by atoms with E-state index in [1.165, 1.54) is 32.4 Å². The zero-order valence-electron chi connectivity index (χ0n) is 13.9. The van der Waals surface area contributed by atoms with Gasteiger partial charge in [0, 0.05) is 5.56 Å². The summed E-state index contributed by atoms with van der Waals surface area (Å²) in [5.74, 6) is -0.770. The predicted molar refractivity (Wildman–Crippen MR) is 88.1 cm³/mol. The van der Waals surface area contributed by atoms with Gasteiger partial charge in [0.05, 0.1) is 19.8 Å². The van der Waals surface area contributed by atoms with E-state index in [0.717, 1.165) is 0 Å². The Morgan fingerprint density at radius 3 is 2.48 bits per heavy atom. The standard InChI is InChI=1S/C18H18FNO5/c1-23-15-8-7-13(19)9-12(15)11-25-17(21)10-20-18(22)14-5-3-4-6-16(14)24-2/h3-9H,10-11H2,1-2H3,(H,20,22). The van der Waals surface area contributed by atoms with Crippen LogP contribution in [0.1, 0.15) is 15.9 Å². The fourth-order valence-electron chi connectivity index (χ4n) is 2.15. The first-order valence-corrected chi connectivity index (χ1v) is 7.44. The molecule has 0 unspecified atom stereocenters. The Morgan fingerprint density at radius 1 is 1.04 bits per heavy atom. The Kier molecular flexibility index (Phi) is 6.33. The van der Waals surface area contributed by atoms with Crippen molar-refractivity contribution in [2.24, 2.45) is 0 Å². The molecule has 7 heteroatoms. The average Bonchev–Trinajstić information content (AvgIpc) is 2.64. The van der Waals surface area contributed by atoms with Crippen molar-refractivity contribution in [3.63, 3.8) is 0 Å². The summed E-state index contributed by atoms with van der Waals surface area (Å²) >= 11 is 0. The van der Waals surface area contributed by atoms with Crippen LogP contribution in [-0.2, 0) is 16.1 Å². The van der Waals surface area contributed by atoms with Crippen LogP contribution >= 0.6 is 0 Å². The van der Waals surface area contributed by atoms with Gasteiger partial charge in [-0.25, -0.2) is 4.39 Å². The van der Waals surface area contributed by atoms with Crippen LogP contribution in [-0.4, -0.2) is 32.6 Å². The fraction of sp³-hybridized carbons (Fsp3) is 0.222. The van der Waals surface area contributed by atoms with Crippen LogP contribution in [0.4, 0.5) is 4.39 Å². The van der Waals surface area contributed by atoms with Gasteiger partial charge >= 0.3 is 5.97 Å². The molecule has 0 saturated carbocycles. The van der Waals surface area contributed by atoms with Crippen LogP contribution in [0.15, 0.2) is 42.5 Å². The first kappa shape index (κ1) is 18.3. The quantitative estimate of drug-likeness (QED) is 0.778. The van der Waals surface area contributed by atoms with E-state index in [1.54, 1.807) is 24.3 Å². The van der Waals surface area contributed by atoms with Crippen molar-refractivity contribution in [3.05, 3.63) is 59.4 Å². The number of benzene rings is 2. The molecular formula is C18H18FNO5. The number of nitrogens with one attached hydrogen (secondary N) is 1. The highest BCUT2D eigenvalue weighted by atomic mass is 19.1. The van der Waals surface area contributed by atoms with Gasteiger partial charge in [0.2, 0.25) is 0 Å². The molecule has 0 aromatic heterocycles. The maximum absolute atomic E-state index is 13.3. The van der Waals surface area contributed by atoms with Crippen molar-refractivity contribution in [2.75, 3.05) is 20.8 Å². The number of carbonyl (C=O) groups is 2. The molecule has 0 spiro atoms. The first-order valence-electron chi connectivity index (χ1n) is 7.44. The lowest BCUT2D eigenvalue weighted by molar-refractivity contribution is -0.143. The molecule has 0 fully saturated rings. The summed E-state index contributed by atoms with van der Waals surface area (Å²) in [4.78, 5) is 23.9. The van der Waals surface area contributed by atoms with Gasteiger partial charge in [0.15, 0.2) is 0 Å². The summed E-state index contributed by atoms with van der Waals surface area (Å²) in [7, 11) is 2.89. The Bertz CT molecular complexity index is 763. The highest BCUT2D eigenvalue weighted by Gasteiger charge is 2.14. The van der Waals surface area contributed by atoms with Gasteiger partial charge in [-0.1, -0.05) is 12.1 Å². The average molecular weight is 347 g/mol. The van der Waals surface area contributed by atoms with Crippen LogP contribution in [0.2, 0.25) is 0 Å². The van der Waals surface area contributed by atoms with Crippen LogP contribution in [0.25, 0.3) is 0 Å². The molecule has 2 rings (SSSR count). The highest BCUT2D eigenvalue weighted by Crippen LogP contribution is 2.20. The molecule has 0 aliphatic heterocycles. The van der Waals surface area contributed by atoms with E-state index in [1.807, 2.05) is 0 Å². The van der Waals surface area contributed by atoms with Crippen LogP contribution in [0, 0.1) is 5.82 Å². The number of hydrogen-bond donors (Lipinski definition) is 1. The third kappa shape index (κ3) is 4.94. The Labute approximate surface area is 144 Å². The molecule has 2 aromatic carbocycles. The summed E-state index contributed by atoms with van der Waals surface area (Å²) < 4.78 is 28.5. The van der Waals surface area contributed by atoms with Gasteiger partial charge in [0.25, 0.3) is 5.91 Å². The highest BCUT2D eigenvalue weighted by molar-refractivity contribution is 5.98. The normalized spacial score (nSPS) is 10.0. The molecule has 1 N–H and O–H groups in total. The molecule has 0 aliphatic rings. The second-order valence-corrected chi connectivity index (χ2v) is 5.00. The van der Waals surface area contributed by atoms with E-state index in [0.29, 0.717) is 22.6 Å². The van der Waals surface area contributed by atoms with E-state index < -0.39 is 17.7 Å². The maximum Gasteiger partial charge on any atom is 0.325 e. The molecular weight excluding hydrogens is 329 g/mol. The van der Waals surface area contributed by atoms with Gasteiger partial charge in [-0.3, -0.25) is 9.59 Å². The van der Waals surface area contributed by atoms with Crippen LogP contribution in [0.5, 0.6) is 11.5 Å². The lowest BCUT2D eigenvalue weighted by atomic mass is 10.2. The smallest absolute Gasteiger partial charge is 0.325 e. The van der Waals surface area contributed by atoms with Gasteiger partial charge in [-0.15, -0.1) is 0 Å². The largest absolute Gasteiger partial charge is 0.496 e. The number of hydrogen-bond acceptors (Lipinski definition) is 5. The van der Waals surface area contributed by atoms with E-state index in [-0.39, 0.29) is 13.2 Å². The number of methoxy groups -OCH3 is 2. The van der Waals surface area contributed by atoms with E-state index in [2.05, 4.69) is 5.32 Å². The van der Waals surface area contributed by atoms with Gasteiger partial charge in [0.1, 0.15) is 30.5 Å². The van der Waals surface area contributed by atoms with Crippen molar-refractivity contribution in [1.29, 1.82) is 0 Å². The van der Waals surface area contributed by atoms with Crippen molar-refractivity contribution in [1.82, 2.24) is 5.32 Å². The van der Waals surface area contributed by atoms with Crippen molar-refractivity contribution in [2.45, 2.75) is 6.61 Å². The number of carbonyl (C=O) groups excluding carboxylic acids is 2. The van der Waals surface area contributed by atoms with E-state index in [4.69, 9.17) is 14.2 Å². The summed E-state index contributed by atoms with van der Waals surface area (Å²) in [6.45, 7) is -0.487. The third-order valence-electron chi connectivity index (χ3n) is 3.38. The molecule has 25 heavy (non-hydrogen) atoms. The molecule has 0 saturated heterocycles. The number of halogens is 1. The number of para-hydroxylation sites is 1. The topological polar surface area (TPSA) is 73.9 Å². The van der Waals surface area contributed by atoms with E-state index in [9.17, 15) is 14.0 Å². The monoisotopic (exact) mass is 347 g/mol. The summed E-state index contributed by atoms with van der Waals surface area (Å²) in [5.41, 5.74) is 0.705. The number of rotatable bonds is 7. The molecule has 0 aliphatic carbocycles. The van der Waals surface area contributed by atoms with Crippen molar-refractivity contribution >= 4 is 11.9 Å². The minimum atomic E-state index is -0.658. The molecule has 0 radical (unpaired) electrons. The third-order valence-corrected chi connectivity index (χ3v) is 3.38. The lowest BCUT2D eigenvalue weighted by Gasteiger charge is -2.11. The Hall–Kier alpha value is -3.09. The number of esters is 1. The van der Waals surface area contributed by atoms with Gasteiger partial charge in [-0.2, -0.15) is 0 Å². The summed E-state index contributed by atoms with van der Waals surface area (Å²) in [5, 5.41) is 2.45. The minimum Gasteiger partial charge on any atom is -0.496 e. The first-order chi connectivity index (χ1) is 12.0. The fourth-order valence-corrected chi connectivity index (χ4v) is 2.15. The molecule has 1 amide bonds. The van der Waals surface area contributed by atoms with Crippen LogP contribution < -0.4 is 14.8 Å². The Morgan fingerprint density at radius 2 is 1.76 bits per heavy atom. The predicted octanol–water partition coefficient (Wildman–Crippen LogP) is 2.32. The van der Waals surface area contributed by atoms with Crippen LogP contribution in [0.3, 0.4) is 0 Å². The lowest BCUT2D eigenvalue weighted by Crippen LogP contribution is -2.30. The van der Waals surface area contributed by atoms with Gasteiger partial charge < -0.3 is 19.5 Å². The Balaban J connectivity index is 1.89. The second-order valence-electron chi connectivity index (χ2n) is 5.00. The molecule has 2 aromatic rings. The summed E-state index contributed by atoms with van der Waals surface area (Å²) in [6, 6.07) is 10.6. The molecule has 0 heterocycles. The molecule has 132 valence electrons.